The van der Waals surface area contributed by atoms with Crippen LogP contribution < -0.4 is 14.8 Å². The van der Waals surface area contributed by atoms with Gasteiger partial charge in [0.2, 0.25) is 0 Å². The van der Waals surface area contributed by atoms with Gasteiger partial charge in [-0.15, -0.1) is 0 Å². The van der Waals surface area contributed by atoms with Gasteiger partial charge in [-0.05, 0) is 104 Å². The van der Waals surface area contributed by atoms with Gasteiger partial charge in [0, 0.05) is 0 Å². The molecule has 33 heavy (non-hydrogen) atoms. The lowest BCUT2D eigenvalue weighted by Crippen LogP contribution is -2.19. The minimum absolute atomic E-state index is 0.179. The number of rotatable bonds is 7. The number of benzene rings is 3. The predicted octanol–water partition coefficient (Wildman–Crippen LogP) is 7.08. The smallest absolute Gasteiger partial charge is 0.264 e. The van der Waals surface area contributed by atoms with E-state index in [0.717, 1.165) is 31.5 Å². The number of amides is 1. The molecule has 168 valence electrons. The number of nitrogens with zero attached hydrogens (tertiary/aromatic N) is 1. The van der Waals surface area contributed by atoms with Crippen molar-refractivity contribution in [3.8, 4) is 11.5 Å². The molecule has 0 aromatic heterocycles. The van der Waals surface area contributed by atoms with Crippen molar-refractivity contribution in [1.82, 2.24) is 5.32 Å². The van der Waals surface area contributed by atoms with E-state index in [0.29, 0.717) is 29.0 Å². The highest BCUT2D eigenvalue weighted by molar-refractivity contribution is 9.11. The summed E-state index contributed by atoms with van der Waals surface area (Å²) in [4.78, 5) is 17.5. The van der Waals surface area contributed by atoms with Crippen molar-refractivity contribution in [2.75, 3.05) is 6.61 Å². The molecule has 0 spiro atoms. The molecule has 8 heteroatoms. The fourth-order valence-electron chi connectivity index (χ4n) is 3.06. The van der Waals surface area contributed by atoms with Crippen molar-refractivity contribution in [2.24, 2.45) is 4.99 Å². The summed E-state index contributed by atoms with van der Waals surface area (Å²) in [5.41, 5.74) is 2.69. The number of aliphatic imine (C=N–C) groups is 1. The Hall–Kier alpha value is -2.55. The van der Waals surface area contributed by atoms with Crippen LogP contribution in [0.3, 0.4) is 0 Å². The first-order valence-electron chi connectivity index (χ1n) is 10.2. The first-order valence-corrected chi connectivity index (χ1v) is 12.6. The number of thioether (sulfide) groups is 1. The van der Waals surface area contributed by atoms with Gasteiger partial charge in [0.1, 0.15) is 18.1 Å². The van der Waals surface area contributed by atoms with Gasteiger partial charge in [-0.3, -0.25) is 4.79 Å². The minimum Gasteiger partial charge on any atom is -0.494 e. The maximum Gasteiger partial charge on any atom is 0.264 e. The molecule has 1 aliphatic rings. The molecule has 3 aromatic carbocycles. The van der Waals surface area contributed by atoms with Crippen molar-refractivity contribution in [1.29, 1.82) is 0 Å². The Kier molecular flexibility index (Phi) is 7.90. The van der Waals surface area contributed by atoms with Gasteiger partial charge in [0.15, 0.2) is 5.17 Å². The second kappa shape index (κ2) is 11.0. The van der Waals surface area contributed by atoms with Gasteiger partial charge in [-0.2, -0.15) is 0 Å². The number of halogens is 2. The Morgan fingerprint density at radius 3 is 2.36 bits per heavy atom. The molecule has 0 unspecified atom stereocenters. The molecule has 0 saturated carbocycles. The average Bonchev–Trinajstić information content (AvgIpc) is 3.14. The molecule has 1 aliphatic heterocycles. The van der Waals surface area contributed by atoms with Crippen LogP contribution in [0.5, 0.6) is 11.5 Å². The fraction of sp³-hybridized carbons (Fsp3) is 0.120. The molecular formula is C25H20Br2N2O3S. The van der Waals surface area contributed by atoms with E-state index < -0.39 is 0 Å². The molecule has 0 aliphatic carbocycles. The van der Waals surface area contributed by atoms with Gasteiger partial charge in [-0.1, -0.05) is 30.3 Å². The number of carbonyl (C=O) groups is 1. The lowest BCUT2D eigenvalue weighted by atomic mass is 10.2. The minimum atomic E-state index is -0.179. The summed E-state index contributed by atoms with van der Waals surface area (Å²) in [6.45, 7) is 3.01. The third-order valence-corrected chi connectivity index (χ3v) is 6.66. The number of ether oxygens (including phenoxy) is 2. The van der Waals surface area contributed by atoms with Crippen molar-refractivity contribution in [2.45, 2.75) is 13.5 Å². The van der Waals surface area contributed by atoms with Crippen molar-refractivity contribution in [3.05, 3.63) is 91.7 Å². The molecule has 1 heterocycles. The van der Waals surface area contributed by atoms with Crippen LogP contribution >= 0.6 is 43.6 Å². The first-order chi connectivity index (χ1) is 16.0. The molecule has 5 nitrogen and oxygen atoms in total. The Labute approximate surface area is 213 Å². The van der Waals surface area contributed by atoms with E-state index in [1.165, 1.54) is 11.8 Å². The quantitative estimate of drug-likeness (QED) is 0.300. The topological polar surface area (TPSA) is 59.9 Å². The van der Waals surface area contributed by atoms with E-state index in [9.17, 15) is 4.79 Å². The highest BCUT2D eigenvalue weighted by Gasteiger charge is 2.24. The summed E-state index contributed by atoms with van der Waals surface area (Å²) in [5.74, 6) is 1.32. The predicted molar refractivity (Wildman–Crippen MR) is 141 cm³/mol. The van der Waals surface area contributed by atoms with Gasteiger partial charge in [0.05, 0.1) is 26.1 Å². The number of hydrogen-bond donors (Lipinski definition) is 1. The summed E-state index contributed by atoms with van der Waals surface area (Å²) < 4.78 is 13.0. The second-order valence-electron chi connectivity index (χ2n) is 7.00. The largest absolute Gasteiger partial charge is 0.494 e. The molecule has 1 fully saturated rings. The summed E-state index contributed by atoms with van der Waals surface area (Å²) in [6.07, 6.45) is 1.83. The maximum absolute atomic E-state index is 12.5. The van der Waals surface area contributed by atoms with E-state index >= 15 is 0 Å². The van der Waals surface area contributed by atoms with Crippen molar-refractivity contribution < 1.29 is 14.3 Å². The van der Waals surface area contributed by atoms with Crippen LogP contribution in [0.2, 0.25) is 0 Å². The van der Waals surface area contributed by atoms with Crippen LogP contribution in [0.1, 0.15) is 18.1 Å². The Balaban J connectivity index is 1.47. The monoisotopic (exact) mass is 586 g/mol. The zero-order valence-corrected chi connectivity index (χ0v) is 21.7. The summed E-state index contributed by atoms with van der Waals surface area (Å²) in [5, 5.41) is 3.36. The first kappa shape index (κ1) is 23.6. The van der Waals surface area contributed by atoms with Crippen LogP contribution in [0, 0.1) is 0 Å². The highest BCUT2D eigenvalue weighted by atomic mass is 79.9. The molecule has 1 N–H and O–H groups in total. The van der Waals surface area contributed by atoms with Crippen LogP contribution in [0.15, 0.2) is 85.6 Å². The lowest BCUT2D eigenvalue weighted by Gasteiger charge is -2.11. The van der Waals surface area contributed by atoms with Crippen LogP contribution in [0.25, 0.3) is 6.08 Å². The molecule has 1 amide bonds. The average molecular weight is 588 g/mol. The molecule has 4 rings (SSSR count). The Morgan fingerprint density at radius 1 is 1.00 bits per heavy atom. The Morgan fingerprint density at radius 2 is 1.70 bits per heavy atom. The van der Waals surface area contributed by atoms with E-state index in [-0.39, 0.29) is 5.91 Å². The molecule has 1 saturated heterocycles. The third kappa shape index (κ3) is 6.28. The highest BCUT2D eigenvalue weighted by Crippen LogP contribution is 2.37. The fourth-order valence-corrected chi connectivity index (χ4v) is 5.36. The van der Waals surface area contributed by atoms with Crippen LogP contribution in [0.4, 0.5) is 5.69 Å². The van der Waals surface area contributed by atoms with Crippen LogP contribution in [-0.4, -0.2) is 17.7 Å². The zero-order valence-electron chi connectivity index (χ0n) is 17.7. The molecule has 0 radical (unpaired) electrons. The summed E-state index contributed by atoms with van der Waals surface area (Å²) >= 11 is 8.47. The van der Waals surface area contributed by atoms with Gasteiger partial charge < -0.3 is 14.8 Å². The molecule has 3 aromatic rings. The summed E-state index contributed by atoms with van der Waals surface area (Å²) in [7, 11) is 0. The molecule has 0 atom stereocenters. The van der Waals surface area contributed by atoms with Crippen molar-refractivity contribution >= 4 is 66.5 Å². The second-order valence-corrected chi connectivity index (χ2v) is 9.74. The lowest BCUT2D eigenvalue weighted by molar-refractivity contribution is -0.115. The van der Waals surface area contributed by atoms with E-state index in [2.05, 4.69) is 42.2 Å². The maximum atomic E-state index is 12.5. The normalized spacial score (nSPS) is 15.7. The Bertz CT molecular complexity index is 1190. The van der Waals surface area contributed by atoms with E-state index in [1.54, 1.807) is 0 Å². The zero-order chi connectivity index (χ0) is 23.2. The van der Waals surface area contributed by atoms with Gasteiger partial charge >= 0.3 is 0 Å². The number of carbonyl (C=O) groups excluding carboxylic acids is 1. The van der Waals surface area contributed by atoms with Gasteiger partial charge in [0.25, 0.3) is 5.91 Å². The van der Waals surface area contributed by atoms with E-state index in [1.807, 2.05) is 79.7 Å². The van der Waals surface area contributed by atoms with Crippen LogP contribution in [-0.2, 0) is 11.4 Å². The van der Waals surface area contributed by atoms with Crippen molar-refractivity contribution in [3.63, 3.8) is 0 Å². The molecule has 0 bridgehead atoms. The number of amidine groups is 1. The number of nitrogens with one attached hydrogen (secondary N) is 1. The SMILES string of the molecule is CCOc1ccc(N=C2NC(=O)/C(=C/c3cc(Br)c(OCc4ccccc4)c(Br)c3)S2)cc1. The molecular weight excluding hydrogens is 568 g/mol. The summed E-state index contributed by atoms with van der Waals surface area (Å²) in [6, 6.07) is 21.3. The van der Waals surface area contributed by atoms with Gasteiger partial charge in [-0.25, -0.2) is 4.99 Å². The standard InChI is InChI=1S/C25H20Br2N2O3S/c1-2-31-19-10-8-18(9-11-19)28-25-29-24(30)22(33-25)14-17-12-20(26)23(21(27)13-17)32-15-16-6-4-3-5-7-16/h3-14H,2,15H2,1H3,(H,28,29,30)/b22-14-. The van der Waals surface area contributed by atoms with E-state index in [4.69, 9.17) is 9.47 Å². The number of hydrogen-bond acceptors (Lipinski definition) is 5. The third-order valence-electron chi connectivity index (χ3n) is 4.57.